The maximum absolute atomic E-state index is 10.4. The summed E-state index contributed by atoms with van der Waals surface area (Å²) in [5.74, 6) is 0.418. The fraction of sp³-hybridized carbons (Fsp3) is 1.00. The molecule has 4 heteroatoms. The van der Waals surface area contributed by atoms with E-state index in [0.29, 0.717) is 12.8 Å². The monoisotopic (exact) mass is 286 g/mol. The van der Waals surface area contributed by atoms with Gasteiger partial charge in [-0.15, -0.1) is 0 Å². The molecule has 0 spiro atoms. The molecule has 6 atom stereocenters. The van der Waals surface area contributed by atoms with Crippen molar-refractivity contribution in [1.82, 2.24) is 0 Å². The van der Waals surface area contributed by atoms with Gasteiger partial charge in [0.2, 0.25) is 0 Å². The summed E-state index contributed by atoms with van der Waals surface area (Å²) in [5, 5.41) is 30.1. The highest BCUT2D eigenvalue weighted by Gasteiger charge is 2.48. The van der Waals surface area contributed by atoms with E-state index in [4.69, 9.17) is 4.74 Å². The molecule has 0 aromatic heterocycles. The highest BCUT2D eigenvalue weighted by molar-refractivity contribution is 4.96. The number of hydrogen-bond acceptors (Lipinski definition) is 4. The maximum atomic E-state index is 10.4. The van der Waals surface area contributed by atoms with Crippen LogP contribution in [-0.4, -0.2) is 39.4 Å². The zero-order valence-electron chi connectivity index (χ0n) is 12.8. The Bertz CT molecular complexity index is 305. The van der Waals surface area contributed by atoms with E-state index in [1.807, 2.05) is 6.92 Å². The summed E-state index contributed by atoms with van der Waals surface area (Å²) in [6, 6.07) is 0. The third-order valence-electron chi connectivity index (χ3n) is 5.14. The van der Waals surface area contributed by atoms with E-state index in [9.17, 15) is 15.3 Å². The molecule has 0 aromatic carbocycles. The maximum Gasteiger partial charge on any atom is 0.155 e. The summed E-state index contributed by atoms with van der Waals surface area (Å²) in [4.78, 5) is 0. The Balaban J connectivity index is 1.80. The molecule has 1 saturated heterocycles. The second-order valence-electron chi connectivity index (χ2n) is 6.99. The van der Waals surface area contributed by atoms with Crippen molar-refractivity contribution in [3.63, 3.8) is 0 Å². The third kappa shape index (κ3) is 3.94. The van der Waals surface area contributed by atoms with Crippen molar-refractivity contribution < 1.29 is 20.1 Å². The molecule has 20 heavy (non-hydrogen) atoms. The Morgan fingerprint density at radius 2 is 1.90 bits per heavy atom. The van der Waals surface area contributed by atoms with Crippen LogP contribution in [0.15, 0.2) is 0 Å². The van der Waals surface area contributed by atoms with Crippen LogP contribution in [0.3, 0.4) is 0 Å². The number of fused-ring (bicyclic) bond motifs is 1. The lowest BCUT2D eigenvalue weighted by atomic mass is 9.83. The van der Waals surface area contributed by atoms with Gasteiger partial charge in [0, 0.05) is 12.8 Å². The van der Waals surface area contributed by atoms with E-state index < -0.39 is 11.9 Å². The predicted octanol–water partition coefficient (Wildman–Crippen LogP) is 2.20. The van der Waals surface area contributed by atoms with Gasteiger partial charge in [0.05, 0.1) is 17.8 Å². The lowest BCUT2D eigenvalue weighted by Gasteiger charge is -2.27. The molecule has 0 amide bonds. The second-order valence-corrected chi connectivity index (χ2v) is 6.99. The zero-order chi connectivity index (χ0) is 14.8. The summed E-state index contributed by atoms with van der Waals surface area (Å²) >= 11 is 0. The lowest BCUT2D eigenvalue weighted by molar-refractivity contribution is -0.0951. The van der Waals surface area contributed by atoms with Crippen LogP contribution in [0, 0.1) is 11.8 Å². The smallest absolute Gasteiger partial charge is 0.155 e. The van der Waals surface area contributed by atoms with Gasteiger partial charge in [0.1, 0.15) is 0 Å². The van der Waals surface area contributed by atoms with Crippen LogP contribution in [0.25, 0.3) is 0 Å². The minimum Gasteiger partial charge on any atom is -0.393 e. The molecule has 1 heterocycles. The topological polar surface area (TPSA) is 69.9 Å². The molecule has 0 aromatic rings. The zero-order valence-corrected chi connectivity index (χ0v) is 12.8. The Morgan fingerprint density at radius 1 is 1.15 bits per heavy atom. The largest absolute Gasteiger partial charge is 0.393 e. The predicted molar refractivity (Wildman–Crippen MR) is 77.1 cm³/mol. The van der Waals surface area contributed by atoms with Crippen molar-refractivity contribution in [2.45, 2.75) is 89.3 Å². The van der Waals surface area contributed by atoms with Crippen LogP contribution in [0.4, 0.5) is 0 Å². The molecule has 2 aliphatic rings. The lowest BCUT2D eigenvalue weighted by Crippen LogP contribution is -2.28. The molecular formula is C16H30O4. The van der Waals surface area contributed by atoms with Crippen molar-refractivity contribution in [3.05, 3.63) is 0 Å². The molecule has 0 bridgehead atoms. The Morgan fingerprint density at radius 3 is 2.60 bits per heavy atom. The van der Waals surface area contributed by atoms with Gasteiger partial charge in [0.25, 0.3) is 0 Å². The molecule has 1 saturated carbocycles. The molecule has 2 fully saturated rings. The summed E-state index contributed by atoms with van der Waals surface area (Å²) in [7, 11) is 0. The van der Waals surface area contributed by atoms with Crippen LogP contribution in [0.5, 0.6) is 0 Å². The summed E-state index contributed by atoms with van der Waals surface area (Å²) < 4.78 is 5.43. The Hall–Kier alpha value is -0.160. The number of aliphatic hydroxyl groups excluding tert-OH is 2. The summed E-state index contributed by atoms with van der Waals surface area (Å²) in [6.07, 6.45) is 6.01. The average Bonchev–Trinajstić information content (AvgIpc) is 2.82. The minimum absolute atomic E-state index is 0.00930. The van der Waals surface area contributed by atoms with E-state index in [1.54, 1.807) is 0 Å². The van der Waals surface area contributed by atoms with Crippen LogP contribution >= 0.6 is 0 Å². The quantitative estimate of drug-likeness (QED) is 0.628. The molecule has 2 rings (SSSR count). The van der Waals surface area contributed by atoms with Gasteiger partial charge in [-0.05, 0) is 38.0 Å². The van der Waals surface area contributed by atoms with E-state index in [1.165, 1.54) is 0 Å². The third-order valence-corrected chi connectivity index (χ3v) is 5.14. The van der Waals surface area contributed by atoms with E-state index >= 15 is 0 Å². The molecule has 118 valence electrons. The van der Waals surface area contributed by atoms with Gasteiger partial charge < -0.3 is 20.1 Å². The number of ether oxygens (including phenoxy) is 1. The van der Waals surface area contributed by atoms with Crippen LogP contribution in [-0.2, 0) is 4.74 Å². The second kappa shape index (κ2) is 6.73. The molecule has 6 unspecified atom stereocenters. The molecule has 4 nitrogen and oxygen atoms in total. The summed E-state index contributed by atoms with van der Waals surface area (Å²) in [5.41, 5.74) is -0.634. The number of unbranched alkanes of at least 4 members (excludes halogenated alkanes) is 2. The number of aliphatic hydroxyl groups is 3. The van der Waals surface area contributed by atoms with Gasteiger partial charge in [-0.2, -0.15) is 0 Å². The first-order valence-corrected chi connectivity index (χ1v) is 8.17. The fourth-order valence-corrected chi connectivity index (χ4v) is 3.89. The van der Waals surface area contributed by atoms with Crippen molar-refractivity contribution >= 4 is 0 Å². The number of hydrogen-bond donors (Lipinski definition) is 3. The van der Waals surface area contributed by atoms with Crippen molar-refractivity contribution in [3.8, 4) is 0 Å². The van der Waals surface area contributed by atoms with Crippen LogP contribution < -0.4 is 0 Å². The molecule has 1 aliphatic carbocycles. The normalized spacial score (nSPS) is 39.8. The number of rotatable bonds is 7. The first kappa shape index (κ1) is 16.2. The van der Waals surface area contributed by atoms with Gasteiger partial charge in [-0.3, -0.25) is 0 Å². The van der Waals surface area contributed by atoms with Gasteiger partial charge >= 0.3 is 0 Å². The van der Waals surface area contributed by atoms with Gasteiger partial charge in [0.15, 0.2) is 6.29 Å². The van der Waals surface area contributed by atoms with Gasteiger partial charge in [-0.1, -0.05) is 26.2 Å². The highest BCUT2D eigenvalue weighted by Crippen LogP contribution is 2.45. The summed E-state index contributed by atoms with van der Waals surface area (Å²) in [6.45, 7) is 4.07. The Labute approximate surface area is 122 Å². The molecule has 1 aliphatic heterocycles. The van der Waals surface area contributed by atoms with E-state index in [2.05, 4.69) is 6.92 Å². The van der Waals surface area contributed by atoms with Crippen molar-refractivity contribution in [1.29, 1.82) is 0 Å². The van der Waals surface area contributed by atoms with Gasteiger partial charge in [-0.25, -0.2) is 0 Å². The molecule has 3 N–H and O–H groups in total. The van der Waals surface area contributed by atoms with E-state index in [0.717, 1.165) is 38.5 Å². The first-order chi connectivity index (χ1) is 9.43. The van der Waals surface area contributed by atoms with Crippen molar-refractivity contribution in [2.24, 2.45) is 11.8 Å². The molecule has 0 radical (unpaired) electrons. The fourth-order valence-electron chi connectivity index (χ4n) is 3.89. The standard InChI is InChI=1S/C16H30O4/c1-3-4-5-7-16(2,19)8-6-11-12-9-15(18)20-14(12)10-13(11)17/h11-15,17-19H,3-10H2,1-2H3. The first-order valence-electron chi connectivity index (χ1n) is 8.17. The molecular weight excluding hydrogens is 256 g/mol. The van der Waals surface area contributed by atoms with E-state index in [-0.39, 0.29) is 24.0 Å². The SMILES string of the molecule is CCCCCC(C)(O)CCC1C(O)CC2OC(O)CC21. The van der Waals surface area contributed by atoms with Crippen LogP contribution in [0.2, 0.25) is 0 Å². The average molecular weight is 286 g/mol. The van der Waals surface area contributed by atoms with Crippen LogP contribution in [0.1, 0.15) is 65.2 Å². The minimum atomic E-state index is -0.662. The highest BCUT2D eigenvalue weighted by atomic mass is 16.6. The Kier molecular flexibility index (Phi) is 5.46. The van der Waals surface area contributed by atoms with Crippen molar-refractivity contribution in [2.75, 3.05) is 0 Å².